The Morgan fingerprint density at radius 2 is 2.26 bits per heavy atom. The van der Waals surface area contributed by atoms with Gasteiger partial charge in [-0.2, -0.15) is 0 Å². The van der Waals surface area contributed by atoms with E-state index < -0.39 is 10.0 Å². The molecule has 7 heteroatoms. The van der Waals surface area contributed by atoms with Crippen molar-refractivity contribution in [2.24, 2.45) is 5.73 Å². The summed E-state index contributed by atoms with van der Waals surface area (Å²) in [5, 5.41) is 0. The second-order valence-corrected chi connectivity index (χ2v) is 6.93. The lowest BCUT2D eigenvalue weighted by atomic mass is 10.3. The minimum Gasteiger partial charge on any atom is -0.363 e. The first kappa shape index (κ1) is 14.5. The molecule has 0 radical (unpaired) electrons. The van der Waals surface area contributed by atoms with Crippen LogP contribution in [-0.4, -0.2) is 44.0 Å². The van der Waals surface area contributed by atoms with Crippen molar-refractivity contribution in [3.05, 3.63) is 18.0 Å². The molecule has 1 heterocycles. The van der Waals surface area contributed by atoms with Crippen LogP contribution >= 0.6 is 0 Å². The Morgan fingerprint density at radius 1 is 1.58 bits per heavy atom. The third-order valence-electron chi connectivity index (χ3n) is 3.63. The van der Waals surface area contributed by atoms with Crippen molar-refractivity contribution in [3.63, 3.8) is 0 Å². The molecule has 1 saturated carbocycles. The van der Waals surface area contributed by atoms with Crippen LogP contribution in [0.25, 0.3) is 0 Å². The number of H-pyrrole nitrogens is 1. The van der Waals surface area contributed by atoms with Crippen LogP contribution in [0.5, 0.6) is 0 Å². The molecule has 1 atom stereocenters. The molecule has 0 amide bonds. The maximum atomic E-state index is 12.1. The van der Waals surface area contributed by atoms with Gasteiger partial charge in [0.1, 0.15) is 0 Å². The maximum Gasteiger partial charge on any atom is 0.242 e. The Bertz CT molecular complexity index is 522. The largest absolute Gasteiger partial charge is 0.363 e. The van der Waals surface area contributed by atoms with E-state index in [0.717, 1.165) is 0 Å². The van der Waals surface area contributed by atoms with E-state index >= 15 is 0 Å². The van der Waals surface area contributed by atoms with Crippen LogP contribution in [0.15, 0.2) is 17.2 Å². The molecule has 0 spiro atoms. The molecule has 0 aromatic carbocycles. The molecule has 1 unspecified atom stereocenters. The number of sulfonamides is 1. The predicted octanol–water partition coefficient (Wildman–Crippen LogP) is 0.234. The lowest BCUT2D eigenvalue weighted by Gasteiger charge is -2.24. The smallest absolute Gasteiger partial charge is 0.242 e. The average molecular weight is 286 g/mol. The van der Waals surface area contributed by atoms with Gasteiger partial charge in [-0.05, 0) is 32.9 Å². The van der Waals surface area contributed by atoms with Crippen molar-refractivity contribution in [1.82, 2.24) is 14.6 Å². The molecule has 0 saturated heterocycles. The van der Waals surface area contributed by atoms with Crippen LogP contribution in [0, 0.1) is 0 Å². The van der Waals surface area contributed by atoms with Crippen molar-refractivity contribution in [1.29, 1.82) is 0 Å². The monoisotopic (exact) mass is 286 g/mol. The zero-order valence-electron chi connectivity index (χ0n) is 11.4. The Balaban J connectivity index is 1.93. The summed E-state index contributed by atoms with van der Waals surface area (Å²) in [6, 6.07) is 2.38. The molecule has 1 aliphatic carbocycles. The van der Waals surface area contributed by atoms with Crippen molar-refractivity contribution in [3.8, 4) is 0 Å². The highest BCUT2D eigenvalue weighted by Gasteiger charge is 2.29. The summed E-state index contributed by atoms with van der Waals surface area (Å²) in [7, 11) is -1.41. The van der Waals surface area contributed by atoms with Gasteiger partial charge in [-0.3, -0.25) is 4.90 Å². The molecular weight excluding hydrogens is 264 g/mol. The highest BCUT2D eigenvalue weighted by molar-refractivity contribution is 7.89. The molecule has 0 aliphatic heterocycles. The van der Waals surface area contributed by atoms with E-state index in [0.29, 0.717) is 24.8 Å². The van der Waals surface area contributed by atoms with Gasteiger partial charge in [0, 0.05) is 37.1 Å². The number of hydrogen-bond donors (Lipinski definition) is 3. The van der Waals surface area contributed by atoms with Crippen molar-refractivity contribution in [2.45, 2.75) is 43.3 Å². The summed E-state index contributed by atoms with van der Waals surface area (Å²) in [6.45, 7) is 2.75. The van der Waals surface area contributed by atoms with E-state index in [1.54, 1.807) is 6.07 Å². The van der Waals surface area contributed by atoms with E-state index in [9.17, 15) is 8.42 Å². The number of nitrogens with zero attached hydrogens (tertiary/aromatic N) is 1. The summed E-state index contributed by atoms with van der Waals surface area (Å²) in [5.41, 5.74) is 6.17. The van der Waals surface area contributed by atoms with Gasteiger partial charge in [0.25, 0.3) is 0 Å². The quantitative estimate of drug-likeness (QED) is 0.669. The second-order valence-electron chi connectivity index (χ2n) is 5.16. The predicted molar refractivity (Wildman–Crippen MR) is 74.1 cm³/mol. The van der Waals surface area contributed by atoms with Gasteiger partial charge in [-0.15, -0.1) is 0 Å². The number of nitrogens with one attached hydrogen (secondary N) is 2. The maximum absolute atomic E-state index is 12.1. The zero-order valence-corrected chi connectivity index (χ0v) is 12.2. The van der Waals surface area contributed by atoms with Crippen LogP contribution < -0.4 is 10.5 Å². The summed E-state index contributed by atoms with van der Waals surface area (Å²) in [6.07, 6.45) is 3.90. The van der Waals surface area contributed by atoms with E-state index in [-0.39, 0.29) is 10.9 Å². The fraction of sp³-hybridized carbons (Fsp3) is 0.667. The molecule has 1 fully saturated rings. The molecule has 108 valence electrons. The van der Waals surface area contributed by atoms with Gasteiger partial charge in [-0.25, -0.2) is 13.1 Å². The van der Waals surface area contributed by atoms with Crippen LogP contribution in [0.2, 0.25) is 0 Å². The molecular formula is C12H22N4O2S. The first-order valence-corrected chi connectivity index (χ1v) is 8.01. The van der Waals surface area contributed by atoms with E-state index in [1.807, 2.05) is 14.0 Å². The Labute approximate surface area is 114 Å². The van der Waals surface area contributed by atoms with Crippen LogP contribution in [0.3, 0.4) is 0 Å². The molecule has 0 bridgehead atoms. The summed E-state index contributed by atoms with van der Waals surface area (Å²) in [5.74, 6) is 0. The second kappa shape index (κ2) is 5.62. The molecule has 1 aromatic rings. The van der Waals surface area contributed by atoms with Gasteiger partial charge >= 0.3 is 0 Å². The van der Waals surface area contributed by atoms with Crippen LogP contribution in [0.4, 0.5) is 0 Å². The fourth-order valence-corrected chi connectivity index (χ4v) is 3.13. The molecule has 4 N–H and O–H groups in total. The Kier molecular flexibility index (Phi) is 4.29. The molecule has 6 nitrogen and oxygen atoms in total. The SMILES string of the molecule is CC(CNS(=O)(=O)c1c[nH]c(CN)c1)N(C)C1CC1. The summed E-state index contributed by atoms with van der Waals surface area (Å²) >= 11 is 0. The topological polar surface area (TPSA) is 91.2 Å². The fourth-order valence-electron chi connectivity index (χ4n) is 1.99. The normalized spacial score (nSPS) is 17.9. The lowest BCUT2D eigenvalue weighted by molar-refractivity contribution is 0.248. The van der Waals surface area contributed by atoms with Crippen LogP contribution in [-0.2, 0) is 16.6 Å². The zero-order chi connectivity index (χ0) is 14.0. The summed E-state index contributed by atoms with van der Waals surface area (Å²) in [4.78, 5) is 5.32. The number of rotatable bonds is 7. The first-order valence-electron chi connectivity index (χ1n) is 6.53. The number of aromatic amines is 1. The van der Waals surface area contributed by atoms with Crippen molar-refractivity contribution in [2.75, 3.05) is 13.6 Å². The van der Waals surface area contributed by atoms with Gasteiger partial charge in [0.15, 0.2) is 0 Å². The minimum absolute atomic E-state index is 0.190. The van der Waals surface area contributed by atoms with Gasteiger partial charge in [0.05, 0.1) is 4.90 Å². The number of hydrogen-bond acceptors (Lipinski definition) is 4. The number of nitrogens with two attached hydrogens (primary N) is 1. The van der Waals surface area contributed by atoms with E-state index in [1.165, 1.54) is 19.0 Å². The third kappa shape index (κ3) is 3.56. The molecule has 1 aliphatic rings. The molecule has 19 heavy (non-hydrogen) atoms. The Morgan fingerprint density at radius 3 is 2.79 bits per heavy atom. The minimum atomic E-state index is -3.45. The van der Waals surface area contributed by atoms with E-state index in [4.69, 9.17) is 5.73 Å². The van der Waals surface area contributed by atoms with Gasteiger partial charge < -0.3 is 10.7 Å². The Hall–Kier alpha value is -0.890. The van der Waals surface area contributed by atoms with Crippen molar-refractivity contribution >= 4 is 10.0 Å². The summed E-state index contributed by atoms with van der Waals surface area (Å²) < 4.78 is 26.8. The highest BCUT2D eigenvalue weighted by atomic mass is 32.2. The first-order chi connectivity index (χ1) is 8.94. The molecule has 1 aromatic heterocycles. The lowest BCUT2D eigenvalue weighted by Crippen LogP contribution is -2.41. The van der Waals surface area contributed by atoms with Crippen molar-refractivity contribution < 1.29 is 8.42 Å². The average Bonchev–Trinajstić information content (AvgIpc) is 3.11. The molecule has 2 rings (SSSR count). The van der Waals surface area contributed by atoms with Crippen LogP contribution in [0.1, 0.15) is 25.5 Å². The van der Waals surface area contributed by atoms with E-state index in [2.05, 4.69) is 14.6 Å². The standard InChI is InChI=1S/C12H22N4O2S/c1-9(16(2)11-3-4-11)7-15-19(17,18)12-5-10(6-13)14-8-12/h5,8-9,11,14-15H,3-4,6-7,13H2,1-2H3. The highest BCUT2D eigenvalue weighted by Crippen LogP contribution is 2.26. The number of likely N-dealkylation sites (N-methyl/N-ethyl adjacent to an activating group) is 1. The third-order valence-corrected chi connectivity index (χ3v) is 5.04. The van der Waals surface area contributed by atoms with Gasteiger partial charge in [-0.1, -0.05) is 0 Å². The van der Waals surface area contributed by atoms with Gasteiger partial charge in [0.2, 0.25) is 10.0 Å². The number of aromatic nitrogens is 1.